The Balaban J connectivity index is 2.71. The molecule has 0 aliphatic carbocycles. The van der Waals surface area contributed by atoms with Crippen LogP contribution in [-0.4, -0.2) is 21.3 Å². The summed E-state index contributed by atoms with van der Waals surface area (Å²) in [6, 6.07) is 2.15. The number of ether oxygens (including phenoxy) is 1. The number of rotatable bonds is 4. The van der Waals surface area contributed by atoms with Crippen LogP contribution in [0.15, 0.2) is 11.5 Å². The molecule has 0 N–H and O–H groups in total. The maximum Gasteiger partial charge on any atom is 0.401 e. The Labute approximate surface area is 100 Å². The van der Waals surface area contributed by atoms with Gasteiger partial charge >= 0.3 is 8.56 Å². The molecule has 1 saturated heterocycles. The quantitative estimate of drug-likeness (QED) is 0.559. The van der Waals surface area contributed by atoms with E-state index >= 15 is 0 Å². The fourth-order valence-electron chi connectivity index (χ4n) is 1.77. The third-order valence-electron chi connectivity index (χ3n) is 2.48. The fourth-order valence-corrected chi connectivity index (χ4v) is 4.89. The SMILES string of the molecule is COC(O[Si]1(OC(C)(C)C)CCC1)=C(C)C. The van der Waals surface area contributed by atoms with Crippen molar-refractivity contribution in [2.24, 2.45) is 0 Å². The minimum Gasteiger partial charge on any atom is -0.494 e. The molecule has 0 atom stereocenters. The highest BCUT2D eigenvalue weighted by Crippen LogP contribution is 2.39. The van der Waals surface area contributed by atoms with Gasteiger partial charge in [0, 0.05) is 17.7 Å². The van der Waals surface area contributed by atoms with E-state index in [0.717, 1.165) is 17.7 Å². The molecule has 1 aliphatic heterocycles. The normalized spacial score (nSPS) is 18.6. The van der Waals surface area contributed by atoms with Crippen LogP contribution in [0.4, 0.5) is 0 Å². The molecule has 0 aromatic heterocycles. The lowest BCUT2D eigenvalue weighted by Gasteiger charge is -2.42. The van der Waals surface area contributed by atoms with Gasteiger partial charge in [-0.3, -0.25) is 0 Å². The molecule has 1 rings (SSSR count). The van der Waals surface area contributed by atoms with E-state index < -0.39 is 8.56 Å². The summed E-state index contributed by atoms with van der Waals surface area (Å²) < 4.78 is 17.5. The second-order valence-electron chi connectivity index (χ2n) is 5.57. The monoisotopic (exact) mass is 244 g/mol. The Bertz CT molecular complexity index is 270. The van der Waals surface area contributed by atoms with Gasteiger partial charge in [0.15, 0.2) is 0 Å². The van der Waals surface area contributed by atoms with Gasteiger partial charge in [0.05, 0.1) is 12.7 Å². The summed E-state index contributed by atoms with van der Waals surface area (Å²) in [5.74, 6) is 0.649. The third kappa shape index (κ3) is 3.52. The molecule has 16 heavy (non-hydrogen) atoms. The van der Waals surface area contributed by atoms with Crippen molar-refractivity contribution in [3.63, 3.8) is 0 Å². The molecular formula is C12H24O3Si. The summed E-state index contributed by atoms with van der Waals surface area (Å²) in [7, 11) is -0.355. The van der Waals surface area contributed by atoms with E-state index in [-0.39, 0.29) is 5.60 Å². The predicted molar refractivity (Wildman–Crippen MR) is 67.3 cm³/mol. The van der Waals surface area contributed by atoms with Crippen molar-refractivity contribution in [1.29, 1.82) is 0 Å². The Hall–Kier alpha value is -0.483. The van der Waals surface area contributed by atoms with Gasteiger partial charge in [-0.1, -0.05) is 0 Å². The standard InChI is InChI=1S/C12H24O3Si/c1-10(2)11(13-6)14-16(8-7-9-16)15-12(3,4)5/h7-9H2,1-6H3. The lowest BCUT2D eigenvalue weighted by atomic mass is 10.2. The zero-order chi connectivity index (χ0) is 12.4. The van der Waals surface area contributed by atoms with Gasteiger partial charge in [-0.2, -0.15) is 0 Å². The largest absolute Gasteiger partial charge is 0.494 e. The average molecular weight is 244 g/mol. The first-order chi connectivity index (χ1) is 7.28. The van der Waals surface area contributed by atoms with Gasteiger partial charge in [0.25, 0.3) is 5.95 Å². The lowest BCUT2D eigenvalue weighted by Crippen LogP contribution is -2.52. The summed E-state index contributed by atoms with van der Waals surface area (Å²) >= 11 is 0. The Kier molecular flexibility index (Phi) is 4.07. The minimum absolute atomic E-state index is 0.132. The molecule has 1 fully saturated rings. The molecule has 0 spiro atoms. The molecule has 1 aliphatic rings. The van der Waals surface area contributed by atoms with Gasteiger partial charge in [0.2, 0.25) is 0 Å². The summed E-state index contributed by atoms with van der Waals surface area (Å²) in [5, 5.41) is 0. The van der Waals surface area contributed by atoms with Crippen molar-refractivity contribution in [1.82, 2.24) is 0 Å². The van der Waals surface area contributed by atoms with Gasteiger partial charge in [-0.15, -0.1) is 0 Å². The Morgan fingerprint density at radius 3 is 1.94 bits per heavy atom. The topological polar surface area (TPSA) is 27.7 Å². The highest BCUT2D eigenvalue weighted by atomic mass is 28.4. The van der Waals surface area contributed by atoms with E-state index in [2.05, 4.69) is 20.8 Å². The van der Waals surface area contributed by atoms with Crippen LogP contribution in [0.2, 0.25) is 12.1 Å². The number of hydrogen-bond acceptors (Lipinski definition) is 3. The molecule has 0 saturated carbocycles. The van der Waals surface area contributed by atoms with Crippen molar-refractivity contribution in [3.8, 4) is 0 Å². The maximum atomic E-state index is 6.15. The molecule has 0 unspecified atom stereocenters. The summed E-state index contributed by atoms with van der Waals surface area (Å²) in [6.45, 7) is 10.2. The van der Waals surface area contributed by atoms with E-state index in [9.17, 15) is 0 Å². The molecule has 0 bridgehead atoms. The smallest absolute Gasteiger partial charge is 0.401 e. The first-order valence-corrected chi connectivity index (χ1v) is 8.12. The van der Waals surface area contributed by atoms with E-state index in [1.807, 2.05) is 13.8 Å². The van der Waals surface area contributed by atoms with Crippen LogP contribution >= 0.6 is 0 Å². The molecule has 0 aromatic carbocycles. The average Bonchev–Trinajstić information content (AvgIpc) is 2.06. The van der Waals surface area contributed by atoms with Crippen molar-refractivity contribution in [3.05, 3.63) is 11.5 Å². The second-order valence-corrected chi connectivity index (χ2v) is 8.80. The molecule has 4 heteroatoms. The summed E-state index contributed by atoms with van der Waals surface area (Å²) in [6.07, 6.45) is 1.21. The van der Waals surface area contributed by atoms with Crippen LogP contribution in [-0.2, 0) is 13.6 Å². The van der Waals surface area contributed by atoms with Crippen molar-refractivity contribution in [2.45, 2.75) is 58.7 Å². The molecule has 1 heterocycles. The summed E-state index contributed by atoms with van der Waals surface area (Å²) in [5.41, 5.74) is 0.937. The van der Waals surface area contributed by atoms with Gasteiger partial charge in [-0.05, 0) is 41.0 Å². The zero-order valence-corrected chi connectivity index (χ0v) is 12.3. The zero-order valence-electron chi connectivity index (χ0n) is 11.3. The maximum absolute atomic E-state index is 6.15. The van der Waals surface area contributed by atoms with E-state index in [1.165, 1.54) is 6.42 Å². The predicted octanol–water partition coefficient (Wildman–Crippen LogP) is 3.56. The van der Waals surface area contributed by atoms with Crippen LogP contribution in [0.5, 0.6) is 0 Å². The van der Waals surface area contributed by atoms with E-state index in [4.69, 9.17) is 13.6 Å². The van der Waals surface area contributed by atoms with Crippen LogP contribution in [0.1, 0.15) is 41.0 Å². The van der Waals surface area contributed by atoms with Gasteiger partial charge in [-0.25, -0.2) is 0 Å². The lowest BCUT2D eigenvalue weighted by molar-refractivity contribution is 0.0356. The van der Waals surface area contributed by atoms with Crippen LogP contribution in [0.25, 0.3) is 0 Å². The van der Waals surface area contributed by atoms with Gasteiger partial charge in [0.1, 0.15) is 0 Å². The van der Waals surface area contributed by atoms with Crippen molar-refractivity contribution >= 4 is 8.56 Å². The molecular weight excluding hydrogens is 220 g/mol. The molecule has 0 radical (unpaired) electrons. The first kappa shape index (κ1) is 13.6. The molecule has 3 nitrogen and oxygen atoms in total. The second kappa shape index (κ2) is 4.80. The van der Waals surface area contributed by atoms with E-state index in [1.54, 1.807) is 7.11 Å². The van der Waals surface area contributed by atoms with Crippen molar-refractivity contribution in [2.75, 3.05) is 7.11 Å². The molecule has 0 amide bonds. The summed E-state index contributed by atoms with van der Waals surface area (Å²) in [4.78, 5) is 0. The molecule has 94 valence electrons. The van der Waals surface area contributed by atoms with E-state index in [0.29, 0.717) is 5.95 Å². The first-order valence-electron chi connectivity index (χ1n) is 5.89. The fraction of sp³-hybridized carbons (Fsp3) is 0.833. The van der Waals surface area contributed by atoms with Crippen LogP contribution in [0.3, 0.4) is 0 Å². The Morgan fingerprint density at radius 2 is 1.69 bits per heavy atom. The molecule has 0 aromatic rings. The number of allylic oxidation sites excluding steroid dienone is 1. The number of hydrogen-bond donors (Lipinski definition) is 0. The highest BCUT2D eigenvalue weighted by Gasteiger charge is 2.50. The highest BCUT2D eigenvalue weighted by molar-refractivity contribution is 6.70. The van der Waals surface area contributed by atoms with Crippen LogP contribution in [0, 0.1) is 0 Å². The Morgan fingerprint density at radius 1 is 1.12 bits per heavy atom. The number of methoxy groups -OCH3 is 1. The minimum atomic E-state index is -2.01. The van der Waals surface area contributed by atoms with Crippen molar-refractivity contribution < 1.29 is 13.6 Å². The van der Waals surface area contributed by atoms with Gasteiger partial charge < -0.3 is 13.6 Å². The third-order valence-corrected chi connectivity index (χ3v) is 6.25. The van der Waals surface area contributed by atoms with Crippen LogP contribution < -0.4 is 0 Å².